The van der Waals surface area contributed by atoms with E-state index in [1.807, 2.05) is 24.3 Å². The third-order valence-electron chi connectivity index (χ3n) is 5.54. The van der Waals surface area contributed by atoms with E-state index in [9.17, 15) is 22.8 Å². The van der Waals surface area contributed by atoms with Gasteiger partial charge in [0.25, 0.3) is 5.91 Å². The Morgan fingerprint density at radius 3 is 2.37 bits per heavy atom. The topological polar surface area (TPSA) is 49.9 Å². The summed E-state index contributed by atoms with van der Waals surface area (Å²) in [4.78, 5) is 28.7. The molecule has 0 radical (unpaired) electrons. The van der Waals surface area contributed by atoms with Crippen LogP contribution >= 0.6 is 0 Å². The lowest BCUT2D eigenvalue weighted by Crippen LogP contribution is -2.53. The maximum Gasteiger partial charge on any atom is 0.416 e. The van der Waals surface area contributed by atoms with E-state index >= 15 is 0 Å². The van der Waals surface area contributed by atoms with E-state index < -0.39 is 17.6 Å². The SMILES string of the molecule is O=C(c1cccc(C(F)(F)F)c1)N1CCN(C(=O)C2COc3ccccc3C2)CC1. The Morgan fingerprint density at radius 2 is 1.63 bits per heavy atom. The fraction of sp³-hybridized carbons (Fsp3) is 0.364. The molecule has 0 aliphatic carbocycles. The van der Waals surface area contributed by atoms with Crippen molar-refractivity contribution in [3.63, 3.8) is 0 Å². The molecule has 1 saturated heterocycles. The molecule has 4 rings (SSSR count). The van der Waals surface area contributed by atoms with Crippen LogP contribution in [-0.4, -0.2) is 54.4 Å². The van der Waals surface area contributed by atoms with Gasteiger partial charge in [0.05, 0.1) is 11.5 Å². The smallest absolute Gasteiger partial charge is 0.416 e. The molecule has 1 atom stereocenters. The van der Waals surface area contributed by atoms with Crippen molar-refractivity contribution in [1.82, 2.24) is 9.80 Å². The lowest BCUT2D eigenvalue weighted by atomic mass is 9.95. The molecule has 1 fully saturated rings. The molecule has 2 aromatic carbocycles. The fourth-order valence-corrected chi connectivity index (χ4v) is 3.89. The fourth-order valence-electron chi connectivity index (χ4n) is 3.89. The predicted molar refractivity (Wildman–Crippen MR) is 103 cm³/mol. The second-order valence-corrected chi connectivity index (χ2v) is 7.52. The molecule has 2 aliphatic rings. The van der Waals surface area contributed by atoms with Crippen molar-refractivity contribution in [2.24, 2.45) is 5.92 Å². The quantitative estimate of drug-likeness (QED) is 0.753. The van der Waals surface area contributed by atoms with E-state index in [1.165, 1.54) is 17.0 Å². The van der Waals surface area contributed by atoms with Crippen LogP contribution in [0, 0.1) is 5.92 Å². The predicted octanol–water partition coefficient (Wildman–Crippen LogP) is 3.24. The number of carbonyl (C=O) groups is 2. The first-order valence-corrected chi connectivity index (χ1v) is 9.79. The second-order valence-electron chi connectivity index (χ2n) is 7.52. The van der Waals surface area contributed by atoms with Gasteiger partial charge in [0.2, 0.25) is 5.91 Å². The number of rotatable bonds is 2. The van der Waals surface area contributed by atoms with Gasteiger partial charge >= 0.3 is 6.18 Å². The molecule has 158 valence electrons. The minimum Gasteiger partial charge on any atom is -0.492 e. The van der Waals surface area contributed by atoms with Gasteiger partial charge in [-0.15, -0.1) is 0 Å². The molecule has 8 heteroatoms. The number of halogens is 3. The van der Waals surface area contributed by atoms with Crippen LogP contribution in [-0.2, 0) is 17.4 Å². The summed E-state index contributed by atoms with van der Waals surface area (Å²) >= 11 is 0. The molecular weight excluding hydrogens is 397 g/mol. The summed E-state index contributed by atoms with van der Waals surface area (Å²) in [7, 11) is 0. The third kappa shape index (κ3) is 4.13. The number of amides is 2. The van der Waals surface area contributed by atoms with Gasteiger partial charge in [-0.3, -0.25) is 9.59 Å². The number of alkyl halides is 3. The van der Waals surface area contributed by atoms with Crippen molar-refractivity contribution >= 4 is 11.8 Å². The van der Waals surface area contributed by atoms with Crippen LogP contribution in [0.5, 0.6) is 5.75 Å². The van der Waals surface area contributed by atoms with Crippen molar-refractivity contribution in [3.05, 3.63) is 65.2 Å². The van der Waals surface area contributed by atoms with Crippen LogP contribution in [0.4, 0.5) is 13.2 Å². The highest BCUT2D eigenvalue weighted by Crippen LogP contribution is 2.30. The molecule has 5 nitrogen and oxygen atoms in total. The van der Waals surface area contributed by atoms with Crippen molar-refractivity contribution in [2.75, 3.05) is 32.8 Å². The molecule has 1 unspecified atom stereocenters. The number of piperazine rings is 1. The normalized spacial score (nSPS) is 19.1. The largest absolute Gasteiger partial charge is 0.492 e. The van der Waals surface area contributed by atoms with Gasteiger partial charge in [-0.05, 0) is 36.2 Å². The summed E-state index contributed by atoms with van der Waals surface area (Å²) in [6.45, 7) is 1.58. The highest BCUT2D eigenvalue weighted by molar-refractivity contribution is 5.94. The lowest BCUT2D eigenvalue weighted by molar-refractivity contribution is -0.139. The third-order valence-corrected chi connectivity index (χ3v) is 5.54. The van der Waals surface area contributed by atoms with Crippen LogP contribution in [0.2, 0.25) is 0 Å². The van der Waals surface area contributed by atoms with E-state index in [4.69, 9.17) is 4.74 Å². The maximum absolute atomic E-state index is 12.9. The number of hydrogen-bond donors (Lipinski definition) is 0. The molecule has 0 spiro atoms. The molecule has 0 bridgehead atoms. The maximum atomic E-state index is 12.9. The van der Waals surface area contributed by atoms with Crippen molar-refractivity contribution in [3.8, 4) is 5.75 Å². The first-order chi connectivity index (χ1) is 14.3. The van der Waals surface area contributed by atoms with Crippen LogP contribution in [0.3, 0.4) is 0 Å². The molecule has 2 aromatic rings. The summed E-state index contributed by atoms with van der Waals surface area (Å²) in [5, 5.41) is 0. The number of carbonyl (C=O) groups excluding carboxylic acids is 2. The Bertz CT molecular complexity index is 953. The van der Waals surface area contributed by atoms with Gasteiger partial charge in [-0.2, -0.15) is 13.2 Å². The number of ether oxygens (including phenoxy) is 1. The number of fused-ring (bicyclic) bond motifs is 1. The molecule has 30 heavy (non-hydrogen) atoms. The van der Waals surface area contributed by atoms with Gasteiger partial charge in [0.1, 0.15) is 12.4 Å². The van der Waals surface area contributed by atoms with Gasteiger partial charge < -0.3 is 14.5 Å². The molecule has 0 aromatic heterocycles. The van der Waals surface area contributed by atoms with Gasteiger partial charge in [0, 0.05) is 31.7 Å². The van der Waals surface area contributed by atoms with Crippen LogP contribution < -0.4 is 4.74 Å². The number of nitrogens with zero attached hydrogens (tertiary/aromatic N) is 2. The monoisotopic (exact) mass is 418 g/mol. The van der Waals surface area contributed by atoms with Crippen molar-refractivity contribution in [2.45, 2.75) is 12.6 Å². The zero-order valence-corrected chi connectivity index (χ0v) is 16.2. The first kappa shape index (κ1) is 20.3. The van der Waals surface area contributed by atoms with Gasteiger partial charge in [-0.25, -0.2) is 0 Å². The van der Waals surface area contributed by atoms with Crippen molar-refractivity contribution in [1.29, 1.82) is 0 Å². The molecule has 2 aliphatic heterocycles. The first-order valence-electron chi connectivity index (χ1n) is 9.79. The Labute approximate surface area is 172 Å². The number of benzene rings is 2. The van der Waals surface area contributed by atoms with E-state index in [0.717, 1.165) is 23.4 Å². The molecule has 2 amide bonds. The van der Waals surface area contributed by atoms with E-state index in [-0.39, 0.29) is 30.5 Å². The zero-order valence-electron chi connectivity index (χ0n) is 16.2. The zero-order chi connectivity index (χ0) is 21.3. The summed E-state index contributed by atoms with van der Waals surface area (Å²) in [5.41, 5.74) is 0.155. The summed E-state index contributed by atoms with van der Waals surface area (Å²) in [5.74, 6) is 0.0578. The van der Waals surface area contributed by atoms with E-state index in [0.29, 0.717) is 26.1 Å². The van der Waals surface area contributed by atoms with Gasteiger partial charge in [-0.1, -0.05) is 24.3 Å². The van der Waals surface area contributed by atoms with E-state index in [2.05, 4.69) is 0 Å². The average Bonchev–Trinajstić information content (AvgIpc) is 2.77. The minimum atomic E-state index is -4.50. The Balaban J connectivity index is 1.36. The van der Waals surface area contributed by atoms with Crippen molar-refractivity contribution < 1.29 is 27.5 Å². The highest BCUT2D eigenvalue weighted by atomic mass is 19.4. The number of hydrogen-bond acceptors (Lipinski definition) is 3. The average molecular weight is 418 g/mol. The molecule has 0 N–H and O–H groups in total. The van der Waals surface area contributed by atoms with Crippen LogP contribution in [0.1, 0.15) is 21.5 Å². The summed E-state index contributed by atoms with van der Waals surface area (Å²) in [6.07, 6.45) is -3.89. The summed E-state index contributed by atoms with van der Waals surface area (Å²) < 4.78 is 44.4. The minimum absolute atomic E-state index is 0.00175. The summed E-state index contributed by atoms with van der Waals surface area (Å²) in [6, 6.07) is 12.1. The Hall–Kier alpha value is -3.03. The Kier molecular flexibility index (Phi) is 5.40. The standard InChI is InChI=1S/C22H21F3N2O3/c23-22(24,25)18-6-3-5-16(13-18)20(28)26-8-10-27(11-9-26)21(29)17-12-15-4-1-2-7-19(15)30-14-17/h1-7,13,17H,8-12,14H2. The van der Waals surface area contributed by atoms with Crippen LogP contribution in [0.15, 0.2) is 48.5 Å². The van der Waals surface area contributed by atoms with Gasteiger partial charge in [0.15, 0.2) is 0 Å². The molecule has 2 heterocycles. The highest BCUT2D eigenvalue weighted by Gasteiger charge is 2.34. The second kappa shape index (κ2) is 8.01. The van der Waals surface area contributed by atoms with E-state index in [1.54, 1.807) is 4.90 Å². The number of para-hydroxylation sites is 1. The lowest BCUT2D eigenvalue weighted by Gasteiger charge is -2.37. The molecule has 0 saturated carbocycles. The van der Waals surface area contributed by atoms with Crippen LogP contribution in [0.25, 0.3) is 0 Å². The molecular formula is C22H21F3N2O3. The Morgan fingerprint density at radius 1 is 0.933 bits per heavy atom.